The number of benzene rings is 3. The van der Waals surface area contributed by atoms with Gasteiger partial charge in [0, 0.05) is 6.54 Å². The van der Waals surface area contributed by atoms with Crippen molar-refractivity contribution in [2.75, 3.05) is 45.8 Å². The normalized spacial score (nSPS) is 13.2. The molecular weight excluding hydrogens is 564 g/mol. The zero-order chi connectivity index (χ0) is 30.9. The van der Waals surface area contributed by atoms with Gasteiger partial charge in [0.1, 0.15) is 5.75 Å². The van der Waals surface area contributed by atoms with Crippen LogP contribution in [0.4, 0.5) is 10.1 Å². The van der Waals surface area contributed by atoms with Crippen molar-refractivity contribution >= 4 is 35.1 Å². The number of piperidine rings is 1. The number of amides is 2. The van der Waals surface area contributed by atoms with Crippen LogP contribution in [0.1, 0.15) is 18.4 Å². The summed E-state index contributed by atoms with van der Waals surface area (Å²) in [5.41, 5.74) is 1.02. The van der Waals surface area contributed by atoms with E-state index in [1.54, 1.807) is 20.3 Å². The van der Waals surface area contributed by atoms with Gasteiger partial charge in [-0.3, -0.25) is 0 Å². The van der Waals surface area contributed by atoms with Crippen LogP contribution in [0.3, 0.4) is 0 Å². The average Bonchev–Trinajstić information content (AvgIpc) is 3.05. The predicted molar refractivity (Wildman–Crippen MR) is 168 cm³/mol. The molecule has 1 fully saturated rings. The van der Waals surface area contributed by atoms with E-state index in [2.05, 4.69) is 16.0 Å². The fourth-order valence-electron chi connectivity index (χ4n) is 5.14. The van der Waals surface area contributed by atoms with Crippen LogP contribution >= 0.6 is 0 Å². The first-order valence-electron chi connectivity index (χ1n) is 14.6. The van der Waals surface area contributed by atoms with Crippen molar-refractivity contribution < 1.29 is 32.9 Å². The van der Waals surface area contributed by atoms with Crippen LogP contribution in [-0.4, -0.2) is 59.2 Å². The second kappa shape index (κ2) is 14.7. The van der Waals surface area contributed by atoms with Gasteiger partial charge in [-0.25, -0.2) is 0 Å². The van der Waals surface area contributed by atoms with E-state index in [-0.39, 0.29) is 18.0 Å². The molecule has 9 nitrogen and oxygen atoms in total. The number of carbonyl (C=O) groups excluding carboxylic acids is 2. The Labute approximate surface area is 256 Å². The number of nitrogens with one attached hydrogen (secondary N) is 3. The van der Waals surface area contributed by atoms with Gasteiger partial charge in [-0.15, -0.1) is 0 Å². The molecule has 11 heteroatoms. The first kappa shape index (κ1) is 30.8. The van der Waals surface area contributed by atoms with Crippen molar-refractivity contribution in [3.63, 3.8) is 0 Å². The van der Waals surface area contributed by atoms with Gasteiger partial charge in [0.05, 0.1) is 7.11 Å². The van der Waals surface area contributed by atoms with Crippen LogP contribution < -0.4 is 34.9 Å². The molecular formula is C33H35BFN3O6. The Morgan fingerprint density at radius 2 is 1.70 bits per heavy atom. The van der Waals surface area contributed by atoms with Crippen LogP contribution in [0.15, 0.2) is 66.6 Å². The molecule has 228 valence electrons. The van der Waals surface area contributed by atoms with Crippen LogP contribution in [0.2, 0.25) is 0 Å². The average molecular weight is 599 g/mol. The molecule has 1 aliphatic rings. The number of hydrogen-bond donors (Lipinski definition) is 3. The van der Waals surface area contributed by atoms with Crippen LogP contribution in [0.5, 0.6) is 28.7 Å². The van der Waals surface area contributed by atoms with E-state index in [0.29, 0.717) is 41.9 Å². The zero-order valence-corrected chi connectivity index (χ0v) is 24.8. The molecule has 3 aromatic carbocycles. The molecule has 5 rings (SSSR count). The molecule has 0 spiro atoms. The zero-order valence-electron chi connectivity index (χ0n) is 24.8. The minimum absolute atomic E-state index is 0.0399. The number of methoxy groups -OCH3 is 2. The Kier molecular flexibility index (Phi) is 10.3. The molecule has 0 bridgehead atoms. The molecule has 1 saturated heterocycles. The summed E-state index contributed by atoms with van der Waals surface area (Å²) in [5, 5.41) is 9.93. The molecule has 0 unspecified atom stereocenters. The third-order valence-corrected chi connectivity index (χ3v) is 7.55. The summed E-state index contributed by atoms with van der Waals surface area (Å²) in [7, 11) is 3.15. The van der Waals surface area contributed by atoms with Crippen molar-refractivity contribution in [3.05, 3.63) is 78.0 Å². The maximum absolute atomic E-state index is 15.1. The van der Waals surface area contributed by atoms with Gasteiger partial charge >= 0.3 is 196 Å². The molecule has 1 aromatic heterocycles. The molecule has 0 radical (unpaired) electrons. The second-order valence-electron chi connectivity index (χ2n) is 10.5. The molecule has 1 aliphatic heterocycles. The fourth-order valence-corrected chi connectivity index (χ4v) is 5.14. The molecule has 2 heterocycles. The van der Waals surface area contributed by atoms with E-state index in [4.69, 9.17) is 18.9 Å². The summed E-state index contributed by atoms with van der Waals surface area (Å²) in [6.45, 7) is 4.76. The van der Waals surface area contributed by atoms with E-state index in [1.807, 2.05) is 49.3 Å². The Bertz CT molecular complexity index is 1630. The van der Waals surface area contributed by atoms with Gasteiger partial charge in [0.25, 0.3) is 0 Å². The molecule has 0 aliphatic carbocycles. The molecule has 3 N–H and O–H groups in total. The molecule has 2 amide bonds. The third-order valence-electron chi connectivity index (χ3n) is 7.55. The van der Waals surface area contributed by atoms with Crippen molar-refractivity contribution in [1.29, 1.82) is 0 Å². The molecule has 0 saturated carbocycles. The number of para-hydroxylation sites is 1. The van der Waals surface area contributed by atoms with Gasteiger partial charge < -0.3 is 4.74 Å². The summed E-state index contributed by atoms with van der Waals surface area (Å²) in [6, 6.07) is 16.9. The standard InChI is InChI=1S/C33H35BFN3O6/c1-41-27-6-4-3-5-22(27)12-16-37-32(39)33(40)38-23-7-8-29(26(35)17-23)44-28-9-13-34-25-19-31(30(42-2)18-24(25)28)43-20-21-10-14-36-15-11-21/h3-9,13,17-19,21,36H,10-12,14-16,20H2,1-2H3,(H,37,39)(H,38,40). The number of carbonyl (C=O) groups is 2. The van der Waals surface area contributed by atoms with Crippen molar-refractivity contribution in [1.82, 2.24) is 10.6 Å². The summed E-state index contributed by atoms with van der Waals surface area (Å²) in [4.78, 5) is 24.7. The second-order valence-corrected chi connectivity index (χ2v) is 10.5. The number of ether oxygens (including phenoxy) is 4. The minimum atomic E-state index is -0.905. The topological polar surface area (TPSA) is 107 Å². The van der Waals surface area contributed by atoms with E-state index in [9.17, 15) is 9.59 Å². The van der Waals surface area contributed by atoms with E-state index in [1.165, 1.54) is 12.1 Å². The fraction of sp³-hybridized carbons (Fsp3) is 0.303. The first-order chi connectivity index (χ1) is 21.4. The first-order valence-corrected chi connectivity index (χ1v) is 14.6. The van der Waals surface area contributed by atoms with Crippen LogP contribution in [-0.2, 0) is 16.0 Å². The molecule has 4 aromatic rings. The van der Waals surface area contributed by atoms with Gasteiger partial charge in [0.15, 0.2) is 0 Å². The monoisotopic (exact) mass is 599 g/mol. The number of rotatable bonds is 11. The third kappa shape index (κ3) is 7.65. The van der Waals surface area contributed by atoms with Gasteiger partial charge in [0.2, 0.25) is 0 Å². The quantitative estimate of drug-likeness (QED) is 0.213. The number of anilines is 1. The number of fused-ring (bicyclic) bond motifs is 1. The summed E-state index contributed by atoms with van der Waals surface area (Å²) < 4.78 is 38.1. The van der Waals surface area contributed by atoms with Crippen LogP contribution in [0.25, 0.3) is 10.7 Å². The summed E-state index contributed by atoms with van der Waals surface area (Å²) in [6.07, 6.45) is 2.62. The molecule has 44 heavy (non-hydrogen) atoms. The SMILES string of the molecule is COc1ccccc1CCNC(=O)C(=O)Nc1ccc(Oc2ccbc3cc(OCC4CCNCC4)c(OC)cc23)c(F)c1. The van der Waals surface area contributed by atoms with Crippen LogP contribution in [0, 0.1) is 11.7 Å². The van der Waals surface area contributed by atoms with Gasteiger partial charge in [-0.05, 0) is 18.1 Å². The Hall–Kier alpha value is -4.64. The van der Waals surface area contributed by atoms with Gasteiger partial charge in [-0.1, -0.05) is 18.2 Å². The van der Waals surface area contributed by atoms with Crippen molar-refractivity contribution in [3.8, 4) is 28.7 Å². The van der Waals surface area contributed by atoms with E-state index in [0.717, 1.165) is 48.2 Å². The Morgan fingerprint density at radius 3 is 2.48 bits per heavy atom. The summed E-state index contributed by atoms with van der Waals surface area (Å²) >= 11 is 0. The van der Waals surface area contributed by atoms with E-state index >= 15 is 4.39 Å². The van der Waals surface area contributed by atoms with Crippen molar-refractivity contribution in [2.45, 2.75) is 19.3 Å². The molecule has 0 atom stereocenters. The summed E-state index contributed by atoms with van der Waals surface area (Å²) in [5.74, 6) is 2.16. The van der Waals surface area contributed by atoms with E-state index < -0.39 is 17.6 Å². The predicted octanol–water partition coefficient (Wildman–Crippen LogP) is 4.80. The Morgan fingerprint density at radius 1 is 0.909 bits per heavy atom. The van der Waals surface area contributed by atoms with Crippen molar-refractivity contribution in [2.24, 2.45) is 5.92 Å². The van der Waals surface area contributed by atoms with Gasteiger partial charge in [-0.2, -0.15) is 0 Å². The maximum atomic E-state index is 15.1. The number of halogens is 1. The number of hydrogen-bond acceptors (Lipinski definition) is 7. The Balaban J connectivity index is 1.21.